The van der Waals surface area contributed by atoms with Gasteiger partial charge in [-0.2, -0.15) is 0 Å². The molecule has 1 aromatic rings. The van der Waals surface area contributed by atoms with Crippen LogP contribution in [0.4, 0.5) is 5.69 Å². The number of nitrogens with zero attached hydrogens (tertiary/aromatic N) is 2. The number of anilines is 1. The minimum Gasteiger partial charge on any atom is -0.460 e. The molecule has 1 heterocycles. The van der Waals surface area contributed by atoms with Crippen molar-refractivity contribution in [1.29, 1.82) is 0 Å². The van der Waals surface area contributed by atoms with Gasteiger partial charge in [0, 0.05) is 17.2 Å². The maximum atomic E-state index is 10.7. The zero-order valence-electron chi connectivity index (χ0n) is 12.5. The van der Waals surface area contributed by atoms with E-state index in [1.165, 1.54) is 0 Å². The summed E-state index contributed by atoms with van der Waals surface area (Å²) in [6, 6.07) is 0. The number of pyridine rings is 1. The van der Waals surface area contributed by atoms with Gasteiger partial charge in [0.15, 0.2) is 0 Å². The second-order valence-electron chi connectivity index (χ2n) is 5.34. The van der Waals surface area contributed by atoms with E-state index in [-0.39, 0.29) is 0 Å². The van der Waals surface area contributed by atoms with Crippen LogP contribution in [0, 0.1) is 10.6 Å². The molecule has 0 aliphatic heterocycles. The fourth-order valence-electron chi connectivity index (χ4n) is 2.05. The molecule has 0 aromatic carbocycles. The lowest BCUT2D eigenvalue weighted by molar-refractivity contribution is -0.139. The van der Waals surface area contributed by atoms with Gasteiger partial charge in [-0.3, -0.25) is 4.79 Å². The third kappa shape index (κ3) is 5.25. The van der Waals surface area contributed by atoms with Gasteiger partial charge in [-0.1, -0.05) is 6.08 Å². The van der Waals surface area contributed by atoms with Gasteiger partial charge in [0.1, 0.15) is 9.30 Å². The number of aromatic nitrogens is 1. The van der Waals surface area contributed by atoms with Crippen LogP contribution in [0.25, 0.3) is 0 Å². The molecular formula is C15H20BrIN2O2. The first-order valence-electron chi connectivity index (χ1n) is 6.60. The van der Waals surface area contributed by atoms with Crippen molar-refractivity contribution in [3.8, 4) is 0 Å². The van der Waals surface area contributed by atoms with Crippen LogP contribution in [0.2, 0.25) is 0 Å². The Morgan fingerprint density at radius 1 is 1.57 bits per heavy atom. The highest BCUT2D eigenvalue weighted by Crippen LogP contribution is 2.31. The first kappa shape index (κ1) is 18.4. The molecule has 0 amide bonds. The Kier molecular flexibility index (Phi) is 7.12. The Balaban J connectivity index is 3.16. The summed E-state index contributed by atoms with van der Waals surface area (Å²) in [5, 5.41) is 0. The molecule has 0 N–H and O–H groups in total. The van der Waals surface area contributed by atoms with E-state index in [0.29, 0.717) is 13.0 Å². The number of hydrogen-bond acceptors (Lipinski definition) is 4. The second kappa shape index (κ2) is 8.12. The van der Waals surface area contributed by atoms with Gasteiger partial charge in [-0.15, -0.1) is 6.58 Å². The summed E-state index contributed by atoms with van der Waals surface area (Å²) in [6.45, 7) is 11.5. The van der Waals surface area contributed by atoms with Crippen molar-refractivity contribution in [3.63, 3.8) is 0 Å². The van der Waals surface area contributed by atoms with Gasteiger partial charge < -0.3 is 9.64 Å². The predicted molar refractivity (Wildman–Crippen MR) is 97.6 cm³/mol. The van der Waals surface area contributed by atoms with Crippen LogP contribution in [0.5, 0.6) is 0 Å². The molecule has 1 aromatic heterocycles. The molecule has 0 aliphatic rings. The molecule has 0 aliphatic carbocycles. The minimum absolute atomic E-state index is 0.503. The van der Waals surface area contributed by atoms with Crippen molar-refractivity contribution < 1.29 is 9.53 Å². The summed E-state index contributed by atoms with van der Waals surface area (Å²) in [4.78, 5) is 17.3. The normalized spacial score (nSPS) is 11.1. The van der Waals surface area contributed by atoms with Crippen LogP contribution in [0.15, 0.2) is 23.3 Å². The Hall–Kier alpha value is -0.630. The van der Waals surface area contributed by atoms with Crippen LogP contribution in [0.1, 0.15) is 25.8 Å². The Labute approximate surface area is 148 Å². The summed E-state index contributed by atoms with van der Waals surface area (Å²) in [6.07, 6.45) is 4.53. The van der Waals surface area contributed by atoms with E-state index in [1.54, 1.807) is 6.20 Å². The van der Waals surface area contributed by atoms with Crippen LogP contribution in [-0.4, -0.2) is 30.1 Å². The fourth-order valence-corrected chi connectivity index (χ4v) is 3.23. The van der Waals surface area contributed by atoms with E-state index in [2.05, 4.69) is 61.9 Å². The topological polar surface area (TPSA) is 42.4 Å². The van der Waals surface area contributed by atoms with E-state index >= 15 is 0 Å². The third-order valence-electron chi connectivity index (χ3n) is 3.06. The minimum atomic E-state index is -0.569. The molecule has 0 saturated carbocycles. The van der Waals surface area contributed by atoms with Crippen LogP contribution >= 0.6 is 38.5 Å². The Bertz CT molecular complexity index is 521. The van der Waals surface area contributed by atoms with E-state index in [4.69, 9.17) is 4.74 Å². The van der Waals surface area contributed by atoms with Crippen LogP contribution in [-0.2, 0) is 9.53 Å². The molecule has 21 heavy (non-hydrogen) atoms. The summed E-state index contributed by atoms with van der Waals surface area (Å²) >= 11 is 5.76. The second-order valence-corrected chi connectivity index (χ2v) is 7.22. The highest BCUT2D eigenvalue weighted by molar-refractivity contribution is 14.1. The van der Waals surface area contributed by atoms with Crippen molar-refractivity contribution >= 4 is 50.7 Å². The average molecular weight is 467 g/mol. The quantitative estimate of drug-likeness (QED) is 0.250. The van der Waals surface area contributed by atoms with Crippen molar-refractivity contribution in [2.75, 3.05) is 18.0 Å². The lowest BCUT2D eigenvalue weighted by Gasteiger charge is -2.34. The van der Waals surface area contributed by atoms with Crippen LogP contribution < -0.4 is 4.90 Å². The number of carbonyl (C=O) groups excluding carboxylic acids is 1. The molecule has 0 atom stereocenters. The van der Waals surface area contributed by atoms with Gasteiger partial charge in [0.2, 0.25) is 0 Å². The number of rotatable bonds is 8. The number of carbonyl (C=O) groups is 1. The first-order chi connectivity index (χ1) is 9.82. The smallest absolute Gasteiger partial charge is 0.293 e. The highest BCUT2D eigenvalue weighted by Gasteiger charge is 2.25. The molecule has 0 unspecified atom stereocenters. The highest BCUT2D eigenvalue weighted by atomic mass is 127. The Morgan fingerprint density at radius 3 is 2.81 bits per heavy atom. The van der Waals surface area contributed by atoms with E-state index in [1.807, 2.05) is 19.9 Å². The zero-order valence-corrected chi connectivity index (χ0v) is 16.3. The number of halogens is 2. The standard InChI is InChI=1S/C15H20BrIN2O2/c1-5-6-7-19(9-15(3,4)21-10-20)13-11(2)12(16)8-18-14(13)17/h5,8,10H,1,6-7,9H2,2-4H3. The summed E-state index contributed by atoms with van der Waals surface area (Å²) in [7, 11) is 0. The molecule has 4 nitrogen and oxygen atoms in total. The van der Waals surface area contributed by atoms with Gasteiger partial charge in [-0.05, 0) is 71.3 Å². The SMILES string of the molecule is C=CCCN(CC(C)(C)OC=O)c1c(I)ncc(Br)c1C. The van der Waals surface area contributed by atoms with Gasteiger partial charge in [-0.25, -0.2) is 4.98 Å². The van der Waals surface area contributed by atoms with Crippen molar-refractivity contribution in [3.05, 3.63) is 32.6 Å². The fraction of sp³-hybridized carbons (Fsp3) is 0.467. The van der Waals surface area contributed by atoms with E-state index in [0.717, 1.165) is 32.4 Å². The molecule has 6 heteroatoms. The third-order valence-corrected chi connectivity index (χ3v) is 4.65. The molecule has 0 saturated heterocycles. The number of ether oxygens (including phenoxy) is 1. The lowest BCUT2D eigenvalue weighted by atomic mass is 10.1. The summed E-state index contributed by atoms with van der Waals surface area (Å²) in [5.41, 5.74) is 1.62. The maximum Gasteiger partial charge on any atom is 0.293 e. The molecule has 116 valence electrons. The van der Waals surface area contributed by atoms with Gasteiger partial charge >= 0.3 is 0 Å². The molecule has 0 bridgehead atoms. The van der Waals surface area contributed by atoms with E-state index < -0.39 is 5.60 Å². The van der Waals surface area contributed by atoms with Crippen molar-refractivity contribution in [2.24, 2.45) is 0 Å². The molecule has 1 rings (SSSR count). The van der Waals surface area contributed by atoms with E-state index in [9.17, 15) is 4.79 Å². The maximum absolute atomic E-state index is 10.7. The van der Waals surface area contributed by atoms with Gasteiger partial charge in [0.25, 0.3) is 6.47 Å². The summed E-state index contributed by atoms with van der Waals surface area (Å²) in [5.74, 6) is 0. The van der Waals surface area contributed by atoms with Crippen molar-refractivity contribution in [2.45, 2.75) is 32.8 Å². The zero-order chi connectivity index (χ0) is 16.0. The molecule has 0 spiro atoms. The van der Waals surface area contributed by atoms with Crippen molar-refractivity contribution in [1.82, 2.24) is 4.98 Å². The molecule has 0 radical (unpaired) electrons. The predicted octanol–water partition coefficient (Wildman–Crippen LogP) is 4.09. The first-order valence-corrected chi connectivity index (χ1v) is 8.47. The van der Waals surface area contributed by atoms with Crippen LogP contribution in [0.3, 0.4) is 0 Å². The molecular weight excluding hydrogens is 447 g/mol. The summed E-state index contributed by atoms with van der Waals surface area (Å²) < 4.78 is 7.09. The monoisotopic (exact) mass is 466 g/mol. The molecule has 0 fully saturated rings. The number of hydrogen-bond donors (Lipinski definition) is 0. The largest absolute Gasteiger partial charge is 0.460 e. The Morgan fingerprint density at radius 2 is 2.24 bits per heavy atom. The lowest BCUT2D eigenvalue weighted by Crippen LogP contribution is -2.42. The van der Waals surface area contributed by atoms with Gasteiger partial charge in [0.05, 0.1) is 12.2 Å². The average Bonchev–Trinajstić information content (AvgIpc) is 2.40.